The summed E-state index contributed by atoms with van der Waals surface area (Å²) in [6, 6.07) is 16.7. The zero-order valence-electron chi connectivity index (χ0n) is 17.0. The summed E-state index contributed by atoms with van der Waals surface area (Å²) in [5, 5.41) is 4.91. The number of anilines is 1. The number of hydrogen-bond donors (Lipinski definition) is 1. The summed E-state index contributed by atoms with van der Waals surface area (Å²) in [6.07, 6.45) is 5.02. The lowest BCUT2D eigenvalue weighted by atomic mass is 9.93. The highest BCUT2D eigenvalue weighted by atomic mass is 16.5. The maximum Gasteiger partial charge on any atom is 0.333 e. The van der Waals surface area contributed by atoms with Crippen molar-refractivity contribution in [2.75, 3.05) is 25.1 Å². The number of piperidine rings is 1. The number of nitrogens with one attached hydrogen (secondary N) is 1. The maximum absolute atomic E-state index is 13.0. The van der Waals surface area contributed by atoms with Gasteiger partial charge in [0.05, 0.1) is 7.11 Å². The molecule has 1 N–H and O–H groups in total. The van der Waals surface area contributed by atoms with Crippen LogP contribution in [0.5, 0.6) is 0 Å². The van der Waals surface area contributed by atoms with Crippen LogP contribution in [0, 0.1) is 5.92 Å². The van der Waals surface area contributed by atoms with Gasteiger partial charge >= 0.3 is 5.97 Å². The van der Waals surface area contributed by atoms with Gasteiger partial charge in [-0.3, -0.25) is 9.78 Å². The lowest BCUT2D eigenvalue weighted by Crippen LogP contribution is -2.43. The van der Waals surface area contributed by atoms with E-state index in [1.165, 1.54) is 7.11 Å². The number of carbonyl (C=O) groups excluding carboxylic acids is 2. The average Bonchev–Trinajstić information content (AvgIpc) is 2.82. The molecule has 1 atom stereocenters. The highest BCUT2D eigenvalue weighted by molar-refractivity contribution is 5.93. The largest absolute Gasteiger partial charge is 0.467 e. The Morgan fingerprint density at radius 3 is 2.47 bits per heavy atom. The van der Waals surface area contributed by atoms with E-state index in [1.807, 2.05) is 54.6 Å². The molecule has 1 saturated heterocycles. The average molecular weight is 403 g/mol. The van der Waals surface area contributed by atoms with E-state index in [9.17, 15) is 9.59 Å². The minimum absolute atomic E-state index is 0.104. The lowest BCUT2D eigenvalue weighted by Gasteiger charge is -2.33. The van der Waals surface area contributed by atoms with Gasteiger partial charge < -0.3 is 15.0 Å². The van der Waals surface area contributed by atoms with Gasteiger partial charge in [-0.25, -0.2) is 4.79 Å². The first-order valence-electron chi connectivity index (χ1n) is 10.2. The number of aromatic nitrogens is 1. The van der Waals surface area contributed by atoms with Crippen molar-refractivity contribution in [2.24, 2.45) is 5.92 Å². The third kappa shape index (κ3) is 4.13. The molecular weight excluding hydrogens is 378 g/mol. The number of benzene rings is 2. The minimum atomic E-state index is -0.827. The summed E-state index contributed by atoms with van der Waals surface area (Å²) in [4.78, 5) is 31.9. The van der Waals surface area contributed by atoms with Crippen LogP contribution >= 0.6 is 0 Å². The third-order valence-corrected chi connectivity index (χ3v) is 5.75. The Labute approximate surface area is 175 Å². The SMILES string of the molecule is COC(=O)C(NC(=O)C1CCN(c2ccncc2)CC1)c1cccc2ccccc12. The molecule has 0 spiro atoms. The third-order valence-electron chi connectivity index (χ3n) is 5.75. The van der Waals surface area contributed by atoms with E-state index in [1.54, 1.807) is 12.4 Å². The van der Waals surface area contributed by atoms with Crippen molar-refractivity contribution in [1.29, 1.82) is 0 Å². The second-order valence-electron chi connectivity index (χ2n) is 7.50. The molecule has 6 nitrogen and oxygen atoms in total. The van der Waals surface area contributed by atoms with Gasteiger partial charge in [0.15, 0.2) is 6.04 Å². The molecule has 3 aromatic rings. The number of carbonyl (C=O) groups is 2. The molecule has 1 aromatic heterocycles. The van der Waals surface area contributed by atoms with Crippen molar-refractivity contribution in [1.82, 2.24) is 10.3 Å². The quantitative estimate of drug-likeness (QED) is 0.661. The molecule has 1 fully saturated rings. The summed E-state index contributed by atoms with van der Waals surface area (Å²) < 4.78 is 5.01. The van der Waals surface area contributed by atoms with Crippen LogP contribution in [-0.4, -0.2) is 37.1 Å². The van der Waals surface area contributed by atoms with Crippen LogP contribution in [0.2, 0.25) is 0 Å². The van der Waals surface area contributed by atoms with Gasteiger partial charge in [0, 0.05) is 37.1 Å². The van der Waals surface area contributed by atoms with Crippen molar-refractivity contribution >= 4 is 28.3 Å². The lowest BCUT2D eigenvalue weighted by molar-refractivity contribution is -0.145. The smallest absolute Gasteiger partial charge is 0.333 e. The standard InChI is InChI=1S/C24H25N3O3/c1-30-24(29)22(21-8-4-6-17-5-2-3-7-20(17)21)26-23(28)18-11-15-27(16-12-18)19-9-13-25-14-10-19/h2-10,13-14,18,22H,11-12,15-16H2,1H3,(H,26,28). The van der Waals surface area contributed by atoms with Gasteiger partial charge in [-0.1, -0.05) is 42.5 Å². The van der Waals surface area contributed by atoms with Crippen LogP contribution < -0.4 is 10.2 Å². The van der Waals surface area contributed by atoms with Crippen LogP contribution in [0.1, 0.15) is 24.4 Å². The molecule has 0 aliphatic carbocycles. The molecule has 2 heterocycles. The molecule has 6 heteroatoms. The first kappa shape index (κ1) is 19.9. The number of methoxy groups -OCH3 is 1. The van der Waals surface area contributed by atoms with Gasteiger partial charge in [-0.05, 0) is 41.3 Å². The molecule has 1 aliphatic rings. The Kier molecular flexibility index (Phi) is 5.93. The molecule has 30 heavy (non-hydrogen) atoms. The van der Waals surface area contributed by atoms with Crippen molar-refractivity contribution in [3.05, 3.63) is 72.6 Å². The predicted molar refractivity (Wildman–Crippen MR) is 116 cm³/mol. The molecule has 154 valence electrons. The fourth-order valence-electron chi connectivity index (χ4n) is 4.10. The van der Waals surface area contributed by atoms with Crippen molar-refractivity contribution in [3.63, 3.8) is 0 Å². The molecule has 1 aliphatic heterocycles. The van der Waals surface area contributed by atoms with E-state index in [-0.39, 0.29) is 11.8 Å². The molecule has 1 amide bonds. The van der Waals surface area contributed by atoms with Crippen LogP contribution in [-0.2, 0) is 14.3 Å². The number of nitrogens with zero attached hydrogens (tertiary/aromatic N) is 2. The van der Waals surface area contributed by atoms with E-state index in [0.29, 0.717) is 0 Å². The van der Waals surface area contributed by atoms with E-state index in [2.05, 4.69) is 15.2 Å². The summed E-state index contributed by atoms with van der Waals surface area (Å²) in [5.74, 6) is -0.702. The Balaban J connectivity index is 1.49. The van der Waals surface area contributed by atoms with Gasteiger partial charge in [0.2, 0.25) is 5.91 Å². The zero-order valence-corrected chi connectivity index (χ0v) is 17.0. The monoisotopic (exact) mass is 403 g/mol. The molecule has 4 rings (SSSR count). The van der Waals surface area contributed by atoms with E-state index < -0.39 is 12.0 Å². The van der Waals surface area contributed by atoms with E-state index in [0.717, 1.165) is 48.0 Å². The van der Waals surface area contributed by atoms with Gasteiger partial charge in [0.1, 0.15) is 0 Å². The van der Waals surface area contributed by atoms with Crippen LogP contribution in [0.3, 0.4) is 0 Å². The summed E-state index contributed by atoms with van der Waals surface area (Å²) >= 11 is 0. The fourth-order valence-corrected chi connectivity index (χ4v) is 4.10. The summed E-state index contributed by atoms with van der Waals surface area (Å²) in [5.41, 5.74) is 1.87. The van der Waals surface area contributed by atoms with Crippen LogP contribution in [0.4, 0.5) is 5.69 Å². The minimum Gasteiger partial charge on any atom is -0.467 e. The highest BCUT2D eigenvalue weighted by Gasteiger charge is 2.30. The zero-order chi connectivity index (χ0) is 20.9. The highest BCUT2D eigenvalue weighted by Crippen LogP contribution is 2.27. The molecule has 1 unspecified atom stereocenters. The summed E-state index contributed by atoms with van der Waals surface area (Å²) in [7, 11) is 1.35. The number of rotatable bonds is 5. The van der Waals surface area contributed by atoms with E-state index >= 15 is 0 Å². The van der Waals surface area contributed by atoms with Gasteiger partial charge in [-0.2, -0.15) is 0 Å². The maximum atomic E-state index is 13.0. The van der Waals surface area contributed by atoms with Crippen LogP contribution in [0.25, 0.3) is 10.8 Å². The van der Waals surface area contributed by atoms with Crippen LogP contribution in [0.15, 0.2) is 67.0 Å². The van der Waals surface area contributed by atoms with Gasteiger partial charge in [0.25, 0.3) is 0 Å². The molecule has 2 aromatic carbocycles. The fraction of sp³-hybridized carbons (Fsp3) is 0.292. The predicted octanol–water partition coefficient (Wildman–Crippen LogP) is 3.48. The van der Waals surface area contributed by atoms with E-state index in [4.69, 9.17) is 4.74 Å². The number of fused-ring (bicyclic) bond motifs is 1. The van der Waals surface area contributed by atoms with Crippen molar-refractivity contribution < 1.29 is 14.3 Å². The Bertz CT molecular complexity index is 1020. The number of amides is 1. The van der Waals surface area contributed by atoms with Gasteiger partial charge in [-0.15, -0.1) is 0 Å². The number of esters is 1. The van der Waals surface area contributed by atoms with Crippen molar-refractivity contribution in [2.45, 2.75) is 18.9 Å². The normalized spacial score (nSPS) is 15.6. The molecule has 0 radical (unpaired) electrons. The first-order chi connectivity index (χ1) is 14.7. The second-order valence-corrected chi connectivity index (χ2v) is 7.50. The molecular formula is C24H25N3O3. The Hall–Kier alpha value is -3.41. The first-order valence-corrected chi connectivity index (χ1v) is 10.2. The second kappa shape index (κ2) is 8.95. The number of ether oxygens (including phenoxy) is 1. The van der Waals surface area contributed by atoms with Crippen molar-refractivity contribution in [3.8, 4) is 0 Å². The number of hydrogen-bond acceptors (Lipinski definition) is 5. The molecule has 0 bridgehead atoms. The Morgan fingerprint density at radius 1 is 1.03 bits per heavy atom. The molecule has 0 saturated carbocycles. The topological polar surface area (TPSA) is 71.5 Å². The Morgan fingerprint density at radius 2 is 1.73 bits per heavy atom. The summed E-state index contributed by atoms with van der Waals surface area (Å²) in [6.45, 7) is 1.58. The number of pyridine rings is 1.